The maximum absolute atomic E-state index is 10.1. The van der Waals surface area contributed by atoms with E-state index in [-0.39, 0.29) is 29.7 Å². The molecule has 1 aromatic rings. The zero-order valence-corrected chi connectivity index (χ0v) is 17.5. The Hall–Kier alpha value is -1.26. The number of rotatable bonds is 11. The van der Waals surface area contributed by atoms with Crippen LogP contribution in [0.25, 0.3) is 0 Å². The second-order valence-corrected chi connectivity index (χ2v) is 5.05. The molecule has 1 aromatic carbocycles. The summed E-state index contributed by atoms with van der Waals surface area (Å²) in [5.74, 6) is 1.29. The number of nitrogens with zero attached hydrogens (tertiary/aromatic N) is 1. The van der Waals surface area contributed by atoms with Crippen molar-refractivity contribution in [2.75, 3.05) is 47.1 Å². The van der Waals surface area contributed by atoms with Gasteiger partial charge in [0.2, 0.25) is 0 Å². The predicted molar refractivity (Wildman–Crippen MR) is 110 cm³/mol. The Kier molecular flexibility index (Phi) is 14.3. The number of phenols is 1. The van der Waals surface area contributed by atoms with Crippen molar-refractivity contribution in [3.8, 4) is 11.5 Å². The molecule has 0 saturated carbocycles. The topological polar surface area (TPSA) is 84.3 Å². The molecular formula is C17H30IN3O4. The molecule has 0 fully saturated rings. The Bertz CT molecular complexity index is 501. The van der Waals surface area contributed by atoms with Gasteiger partial charge in [0.15, 0.2) is 17.5 Å². The second kappa shape index (κ2) is 15.0. The van der Waals surface area contributed by atoms with Crippen LogP contribution in [0.3, 0.4) is 0 Å². The summed E-state index contributed by atoms with van der Waals surface area (Å²) in [7, 11) is 3.19. The van der Waals surface area contributed by atoms with Crippen molar-refractivity contribution in [3.05, 3.63) is 23.8 Å². The largest absolute Gasteiger partial charge is 0.504 e. The lowest BCUT2D eigenvalue weighted by Gasteiger charge is -2.12. The molecule has 0 atom stereocenters. The number of para-hydroxylation sites is 1. The molecule has 0 unspecified atom stereocenters. The Morgan fingerprint density at radius 2 is 1.96 bits per heavy atom. The minimum Gasteiger partial charge on any atom is -0.504 e. The van der Waals surface area contributed by atoms with Crippen LogP contribution in [-0.2, 0) is 16.0 Å². The summed E-state index contributed by atoms with van der Waals surface area (Å²) in [6.07, 6.45) is 0.874. The highest BCUT2D eigenvalue weighted by Gasteiger charge is 2.07. The summed E-state index contributed by atoms with van der Waals surface area (Å²) in [6.45, 7) is 5.79. The van der Waals surface area contributed by atoms with E-state index in [1.165, 1.54) is 7.11 Å². The number of phenolic OH excluding ortho intramolecular Hbond substituents is 1. The first-order chi connectivity index (χ1) is 11.7. The van der Waals surface area contributed by atoms with Crippen molar-refractivity contribution in [2.45, 2.75) is 19.9 Å². The molecule has 0 heterocycles. The third kappa shape index (κ3) is 9.71. The molecule has 144 valence electrons. The van der Waals surface area contributed by atoms with E-state index in [1.807, 2.05) is 19.1 Å². The number of methoxy groups -OCH3 is 2. The molecule has 8 heteroatoms. The van der Waals surface area contributed by atoms with E-state index < -0.39 is 0 Å². The third-order valence-corrected chi connectivity index (χ3v) is 3.24. The smallest absolute Gasteiger partial charge is 0.191 e. The molecule has 3 N–H and O–H groups in total. The Labute approximate surface area is 167 Å². The third-order valence-electron chi connectivity index (χ3n) is 3.24. The number of guanidine groups is 1. The van der Waals surface area contributed by atoms with Crippen molar-refractivity contribution in [1.29, 1.82) is 0 Å². The number of aromatic hydroxyl groups is 1. The standard InChI is InChI=1S/C17H29N3O4.HI/c1-4-18-17(19-9-6-10-24-12-11-22-2)20-13-14-7-5-8-15(23-3)16(14)21;/h5,7-8,21H,4,6,9-13H2,1-3H3,(H2,18,19,20);1H. The van der Waals surface area contributed by atoms with Crippen LogP contribution in [0.4, 0.5) is 0 Å². The van der Waals surface area contributed by atoms with Gasteiger partial charge in [-0.05, 0) is 19.4 Å². The van der Waals surface area contributed by atoms with Crippen molar-refractivity contribution >= 4 is 29.9 Å². The summed E-state index contributed by atoms with van der Waals surface area (Å²) in [4.78, 5) is 4.49. The van der Waals surface area contributed by atoms with Gasteiger partial charge in [0.25, 0.3) is 0 Å². The summed E-state index contributed by atoms with van der Waals surface area (Å²) >= 11 is 0. The van der Waals surface area contributed by atoms with Gasteiger partial charge >= 0.3 is 0 Å². The summed E-state index contributed by atoms with van der Waals surface area (Å²) < 4.78 is 15.4. The monoisotopic (exact) mass is 467 g/mol. The van der Waals surface area contributed by atoms with Gasteiger partial charge in [-0.2, -0.15) is 0 Å². The van der Waals surface area contributed by atoms with Crippen LogP contribution in [0.5, 0.6) is 11.5 Å². The fourth-order valence-electron chi connectivity index (χ4n) is 1.99. The van der Waals surface area contributed by atoms with Gasteiger partial charge in [0.1, 0.15) is 0 Å². The van der Waals surface area contributed by atoms with Gasteiger partial charge in [-0.15, -0.1) is 24.0 Å². The van der Waals surface area contributed by atoms with E-state index in [0.29, 0.717) is 38.1 Å². The molecular weight excluding hydrogens is 437 g/mol. The predicted octanol–water partition coefficient (Wildman–Crippen LogP) is 2.13. The number of nitrogens with one attached hydrogen (secondary N) is 2. The first-order valence-corrected chi connectivity index (χ1v) is 8.16. The van der Waals surface area contributed by atoms with Crippen LogP contribution in [0.15, 0.2) is 23.2 Å². The van der Waals surface area contributed by atoms with Gasteiger partial charge < -0.3 is 30.0 Å². The quantitative estimate of drug-likeness (QED) is 0.200. The van der Waals surface area contributed by atoms with Crippen molar-refractivity contribution < 1.29 is 19.3 Å². The minimum atomic E-state index is 0. The number of hydrogen-bond donors (Lipinski definition) is 3. The fraction of sp³-hybridized carbons (Fsp3) is 0.588. The van der Waals surface area contributed by atoms with Gasteiger partial charge in [-0.1, -0.05) is 12.1 Å². The molecule has 0 aliphatic carbocycles. The van der Waals surface area contributed by atoms with E-state index in [2.05, 4.69) is 15.6 Å². The first kappa shape index (κ1) is 23.7. The summed E-state index contributed by atoms with van der Waals surface area (Å²) in [5.41, 5.74) is 0.717. The van der Waals surface area contributed by atoms with Crippen LogP contribution in [0, 0.1) is 0 Å². The normalized spacial score (nSPS) is 10.9. The molecule has 1 rings (SSSR count). The highest BCUT2D eigenvalue weighted by Crippen LogP contribution is 2.29. The Morgan fingerprint density at radius 3 is 2.64 bits per heavy atom. The van der Waals surface area contributed by atoms with E-state index in [4.69, 9.17) is 14.2 Å². The molecule has 0 aliphatic rings. The van der Waals surface area contributed by atoms with E-state index >= 15 is 0 Å². The van der Waals surface area contributed by atoms with Gasteiger partial charge in [0, 0.05) is 32.4 Å². The lowest BCUT2D eigenvalue weighted by molar-refractivity contribution is 0.0698. The van der Waals surface area contributed by atoms with Crippen molar-refractivity contribution in [2.24, 2.45) is 4.99 Å². The number of ether oxygens (including phenoxy) is 3. The molecule has 0 bridgehead atoms. The molecule has 25 heavy (non-hydrogen) atoms. The van der Waals surface area contributed by atoms with Gasteiger partial charge in [-0.3, -0.25) is 0 Å². The van der Waals surface area contributed by atoms with Crippen LogP contribution in [0.1, 0.15) is 18.9 Å². The van der Waals surface area contributed by atoms with E-state index in [0.717, 1.165) is 25.1 Å². The number of benzene rings is 1. The van der Waals surface area contributed by atoms with Crippen LogP contribution >= 0.6 is 24.0 Å². The van der Waals surface area contributed by atoms with Crippen LogP contribution in [0.2, 0.25) is 0 Å². The summed E-state index contributed by atoms with van der Waals surface area (Å²) in [6, 6.07) is 5.38. The van der Waals surface area contributed by atoms with Crippen LogP contribution < -0.4 is 15.4 Å². The van der Waals surface area contributed by atoms with E-state index in [9.17, 15) is 5.11 Å². The fourth-order valence-corrected chi connectivity index (χ4v) is 1.99. The molecule has 0 saturated heterocycles. The highest BCUT2D eigenvalue weighted by molar-refractivity contribution is 14.0. The Morgan fingerprint density at radius 1 is 1.16 bits per heavy atom. The maximum atomic E-state index is 10.1. The molecule has 0 aliphatic heterocycles. The maximum Gasteiger partial charge on any atom is 0.191 e. The molecule has 0 aromatic heterocycles. The molecule has 7 nitrogen and oxygen atoms in total. The second-order valence-electron chi connectivity index (χ2n) is 5.05. The molecule has 0 amide bonds. The lowest BCUT2D eigenvalue weighted by atomic mass is 10.2. The zero-order chi connectivity index (χ0) is 17.6. The van der Waals surface area contributed by atoms with Crippen LogP contribution in [-0.4, -0.2) is 58.2 Å². The highest BCUT2D eigenvalue weighted by atomic mass is 127. The zero-order valence-electron chi connectivity index (χ0n) is 15.2. The summed E-state index contributed by atoms with van der Waals surface area (Å²) in [5, 5.41) is 16.5. The average molecular weight is 467 g/mol. The average Bonchev–Trinajstić information content (AvgIpc) is 2.59. The molecule has 0 radical (unpaired) electrons. The SMILES string of the molecule is CCNC(=NCc1cccc(OC)c1O)NCCCOCCOC.I. The van der Waals surface area contributed by atoms with Gasteiger partial charge in [-0.25, -0.2) is 4.99 Å². The number of aliphatic imine (C=N–C) groups is 1. The molecule has 0 spiro atoms. The number of hydrogen-bond acceptors (Lipinski definition) is 5. The first-order valence-electron chi connectivity index (χ1n) is 8.16. The van der Waals surface area contributed by atoms with Gasteiger partial charge in [0.05, 0.1) is 26.9 Å². The van der Waals surface area contributed by atoms with Crippen molar-refractivity contribution in [1.82, 2.24) is 10.6 Å². The minimum absolute atomic E-state index is 0. The number of halogens is 1. The lowest BCUT2D eigenvalue weighted by Crippen LogP contribution is -2.38. The van der Waals surface area contributed by atoms with E-state index in [1.54, 1.807) is 13.2 Å². The Balaban J connectivity index is 0.00000576. The van der Waals surface area contributed by atoms with Crippen molar-refractivity contribution in [3.63, 3.8) is 0 Å².